The Kier molecular flexibility index (Phi) is 4.52. The number of rotatable bonds is 3. The first-order chi connectivity index (χ1) is 12.6. The van der Waals surface area contributed by atoms with Gasteiger partial charge in [-0.15, -0.1) is 10.2 Å². The zero-order valence-corrected chi connectivity index (χ0v) is 15.4. The average molecular weight is 382 g/mol. The van der Waals surface area contributed by atoms with Gasteiger partial charge in [0, 0.05) is 9.79 Å². The highest BCUT2D eigenvalue weighted by molar-refractivity contribution is 8.00. The Labute approximate surface area is 158 Å². The van der Waals surface area contributed by atoms with Gasteiger partial charge < -0.3 is 0 Å². The van der Waals surface area contributed by atoms with Crippen molar-refractivity contribution >= 4 is 40.8 Å². The number of nitrogens with zero attached hydrogens (tertiary/aromatic N) is 3. The Morgan fingerprint density at radius 1 is 1.08 bits per heavy atom. The van der Waals surface area contributed by atoms with E-state index in [1.807, 2.05) is 48.5 Å². The molecule has 26 heavy (non-hydrogen) atoms. The first-order valence-corrected chi connectivity index (χ1v) is 9.69. The van der Waals surface area contributed by atoms with E-state index >= 15 is 0 Å². The van der Waals surface area contributed by atoms with Crippen LogP contribution in [0.25, 0.3) is 0 Å². The molecule has 1 aromatic heterocycles. The number of para-hydroxylation sites is 2. The molecule has 0 radical (unpaired) electrons. The van der Waals surface area contributed by atoms with E-state index in [2.05, 4.69) is 15.2 Å². The summed E-state index contributed by atoms with van der Waals surface area (Å²) in [6, 6.07) is 15.7. The first kappa shape index (κ1) is 16.9. The van der Waals surface area contributed by atoms with Crippen molar-refractivity contribution in [3.8, 4) is 0 Å². The van der Waals surface area contributed by atoms with E-state index in [4.69, 9.17) is 0 Å². The molecular formula is C18H14N4O2S2. The number of anilines is 2. The van der Waals surface area contributed by atoms with Gasteiger partial charge >= 0.3 is 0 Å². The fourth-order valence-electron chi connectivity index (χ4n) is 2.61. The number of hydrogen-bond donors (Lipinski definition) is 1. The fourth-order valence-corrected chi connectivity index (χ4v) is 4.32. The van der Waals surface area contributed by atoms with E-state index in [0.29, 0.717) is 10.9 Å². The second kappa shape index (κ2) is 6.97. The summed E-state index contributed by atoms with van der Waals surface area (Å²) in [5, 5.41) is 8.06. The van der Waals surface area contributed by atoms with E-state index in [1.54, 1.807) is 23.6 Å². The number of hydrogen-bond acceptors (Lipinski definition) is 6. The van der Waals surface area contributed by atoms with Gasteiger partial charge in [-0.2, -0.15) is 0 Å². The summed E-state index contributed by atoms with van der Waals surface area (Å²) < 4.78 is 0. The van der Waals surface area contributed by atoms with Crippen LogP contribution in [0, 0.1) is 6.92 Å². The van der Waals surface area contributed by atoms with E-state index in [-0.39, 0.29) is 17.2 Å². The molecule has 0 fully saturated rings. The van der Waals surface area contributed by atoms with Crippen LogP contribution in [-0.4, -0.2) is 26.8 Å². The van der Waals surface area contributed by atoms with Gasteiger partial charge in [-0.25, -0.2) is 0 Å². The number of thioether (sulfide) groups is 1. The zero-order chi connectivity index (χ0) is 18.1. The van der Waals surface area contributed by atoms with Crippen LogP contribution in [0.3, 0.4) is 0 Å². The monoisotopic (exact) mass is 382 g/mol. The summed E-state index contributed by atoms with van der Waals surface area (Å²) in [5.74, 6) is 0.0551. The topological polar surface area (TPSA) is 79.0 Å². The third kappa shape index (κ3) is 3.13. The maximum Gasteiger partial charge on any atom is 0.273 e. The molecule has 0 atom stereocenters. The summed E-state index contributed by atoms with van der Waals surface area (Å²) in [4.78, 5) is 31.1. The Morgan fingerprint density at radius 3 is 2.31 bits per heavy atom. The zero-order valence-electron chi connectivity index (χ0n) is 13.8. The van der Waals surface area contributed by atoms with Crippen LogP contribution in [0.5, 0.6) is 0 Å². The van der Waals surface area contributed by atoms with Crippen molar-refractivity contribution in [2.45, 2.75) is 21.9 Å². The predicted octanol–water partition coefficient (Wildman–Crippen LogP) is 3.39. The van der Waals surface area contributed by atoms with Crippen molar-refractivity contribution in [2.24, 2.45) is 0 Å². The van der Waals surface area contributed by atoms with Crippen LogP contribution < -0.4 is 10.5 Å². The van der Waals surface area contributed by atoms with Gasteiger partial charge in [-0.1, -0.05) is 47.8 Å². The van der Waals surface area contributed by atoms with Crippen LogP contribution in [0.4, 0.5) is 11.4 Å². The van der Waals surface area contributed by atoms with Crippen LogP contribution in [-0.2, 0) is 4.79 Å². The SMILES string of the molecule is Cc1nnc(SCC(=O)N2c3ccccc3Sc3ccccc32)[nH]c1=O. The minimum Gasteiger partial charge on any atom is -0.298 e. The number of nitrogens with one attached hydrogen (secondary N) is 1. The van der Waals surface area contributed by atoms with Crippen molar-refractivity contribution < 1.29 is 4.79 Å². The molecule has 0 saturated carbocycles. The number of aryl methyl sites for hydroxylation is 1. The number of aromatic nitrogens is 3. The highest BCUT2D eigenvalue weighted by Crippen LogP contribution is 2.48. The van der Waals surface area contributed by atoms with Gasteiger partial charge in [0.2, 0.25) is 5.91 Å². The number of carbonyl (C=O) groups excluding carboxylic acids is 1. The molecular weight excluding hydrogens is 368 g/mol. The maximum atomic E-state index is 13.0. The highest BCUT2D eigenvalue weighted by Gasteiger charge is 2.27. The lowest BCUT2D eigenvalue weighted by Crippen LogP contribution is -2.30. The molecule has 0 spiro atoms. The van der Waals surface area contributed by atoms with Crippen molar-refractivity contribution in [2.75, 3.05) is 10.7 Å². The standard InChI is InChI=1S/C18H14N4O2S2/c1-11-17(24)19-18(21-20-11)25-10-16(23)22-12-6-2-4-8-14(12)26-15-9-5-3-7-13(15)22/h2-9H,10H2,1H3,(H,19,21,24). The number of benzene rings is 2. The highest BCUT2D eigenvalue weighted by atomic mass is 32.2. The fraction of sp³-hybridized carbons (Fsp3) is 0.111. The molecule has 130 valence electrons. The predicted molar refractivity (Wildman–Crippen MR) is 102 cm³/mol. The summed E-state index contributed by atoms with van der Waals surface area (Å²) in [7, 11) is 0. The molecule has 1 aliphatic rings. The second-order valence-corrected chi connectivity index (χ2v) is 7.65. The van der Waals surface area contributed by atoms with Crippen molar-refractivity contribution in [3.05, 3.63) is 64.6 Å². The van der Waals surface area contributed by atoms with Gasteiger partial charge in [0.05, 0.1) is 17.1 Å². The summed E-state index contributed by atoms with van der Waals surface area (Å²) in [6.07, 6.45) is 0. The maximum absolute atomic E-state index is 13.0. The summed E-state index contributed by atoms with van der Waals surface area (Å²) in [6.45, 7) is 1.59. The molecule has 2 heterocycles. The molecule has 6 nitrogen and oxygen atoms in total. The number of amides is 1. The molecule has 8 heteroatoms. The van der Waals surface area contributed by atoms with E-state index < -0.39 is 0 Å². The van der Waals surface area contributed by atoms with Crippen LogP contribution in [0.1, 0.15) is 5.69 Å². The Balaban J connectivity index is 1.63. The van der Waals surface area contributed by atoms with E-state index in [1.165, 1.54) is 11.8 Å². The lowest BCUT2D eigenvalue weighted by molar-refractivity contribution is -0.115. The normalized spacial score (nSPS) is 12.4. The number of fused-ring (bicyclic) bond motifs is 2. The smallest absolute Gasteiger partial charge is 0.273 e. The number of H-pyrrole nitrogens is 1. The molecule has 0 unspecified atom stereocenters. The molecule has 1 aliphatic heterocycles. The van der Waals surface area contributed by atoms with E-state index in [9.17, 15) is 9.59 Å². The first-order valence-electron chi connectivity index (χ1n) is 7.89. The van der Waals surface area contributed by atoms with Gasteiger partial charge in [-0.05, 0) is 31.2 Å². The molecule has 1 amide bonds. The van der Waals surface area contributed by atoms with E-state index in [0.717, 1.165) is 21.2 Å². The second-order valence-electron chi connectivity index (χ2n) is 5.60. The lowest BCUT2D eigenvalue weighted by atomic mass is 10.2. The third-order valence-electron chi connectivity index (χ3n) is 3.85. The van der Waals surface area contributed by atoms with Crippen LogP contribution >= 0.6 is 23.5 Å². The van der Waals surface area contributed by atoms with Gasteiger partial charge in [0.15, 0.2) is 5.16 Å². The molecule has 1 N–H and O–H groups in total. The largest absolute Gasteiger partial charge is 0.298 e. The minimum atomic E-state index is -0.292. The van der Waals surface area contributed by atoms with Crippen molar-refractivity contribution in [1.29, 1.82) is 0 Å². The Morgan fingerprint density at radius 2 is 1.69 bits per heavy atom. The van der Waals surface area contributed by atoms with Gasteiger partial charge in [0.25, 0.3) is 5.56 Å². The minimum absolute atomic E-state index is 0.0848. The van der Waals surface area contributed by atoms with Crippen LogP contribution in [0.2, 0.25) is 0 Å². The van der Waals surface area contributed by atoms with Crippen molar-refractivity contribution in [3.63, 3.8) is 0 Å². The molecule has 4 rings (SSSR count). The quantitative estimate of drug-likeness (QED) is 0.700. The van der Waals surface area contributed by atoms with Gasteiger partial charge in [0.1, 0.15) is 5.69 Å². The Bertz CT molecular complexity index is 1010. The van der Waals surface area contributed by atoms with Gasteiger partial charge in [-0.3, -0.25) is 19.5 Å². The molecule has 0 aliphatic carbocycles. The third-order valence-corrected chi connectivity index (χ3v) is 5.83. The lowest BCUT2D eigenvalue weighted by Gasteiger charge is -2.30. The average Bonchev–Trinajstić information content (AvgIpc) is 2.66. The molecule has 0 saturated heterocycles. The number of aromatic amines is 1. The summed E-state index contributed by atoms with van der Waals surface area (Å²) >= 11 is 2.82. The van der Waals surface area contributed by atoms with Crippen LogP contribution in [0.15, 0.2) is 68.3 Å². The number of carbonyl (C=O) groups is 1. The Hall–Kier alpha value is -2.58. The molecule has 3 aromatic rings. The van der Waals surface area contributed by atoms with Crippen molar-refractivity contribution in [1.82, 2.24) is 15.2 Å². The molecule has 2 aromatic carbocycles. The summed E-state index contributed by atoms with van der Waals surface area (Å²) in [5.41, 5.74) is 1.74. The molecule has 0 bridgehead atoms.